The molecule has 0 bridgehead atoms. The SMILES string of the molecule is CC(CN)C(=O)NC(C(N)=O)c1cccc(Br)c1. The quantitative estimate of drug-likeness (QED) is 0.745. The zero-order valence-corrected chi connectivity index (χ0v) is 11.6. The van der Waals surface area contributed by atoms with Crippen LogP contribution in [0.5, 0.6) is 0 Å². The van der Waals surface area contributed by atoms with Gasteiger partial charge in [0.15, 0.2) is 0 Å². The summed E-state index contributed by atoms with van der Waals surface area (Å²) in [6, 6.07) is 6.22. The predicted octanol–water partition coefficient (Wildman–Crippen LogP) is 0.687. The lowest BCUT2D eigenvalue weighted by Crippen LogP contribution is -2.41. The number of amides is 2. The molecule has 1 aromatic rings. The minimum Gasteiger partial charge on any atom is -0.368 e. The van der Waals surface area contributed by atoms with Gasteiger partial charge >= 0.3 is 0 Å². The molecule has 0 aliphatic heterocycles. The molecule has 2 atom stereocenters. The lowest BCUT2D eigenvalue weighted by molar-refractivity contribution is -0.129. The molecular formula is C12H16BrN3O2. The fraction of sp³-hybridized carbons (Fsp3) is 0.333. The van der Waals surface area contributed by atoms with Crippen LogP contribution in [0.15, 0.2) is 28.7 Å². The van der Waals surface area contributed by atoms with E-state index in [1.807, 2.05) is 6.07 Å². The van der Waals surface area contributed by atoms with Crippen LogP contribution in [0.2, 0.25) is 0 Å². The third-order valence-corrected chi connectivity index (χ3v) is 3.05. The second-order valence-corrected chi connectivity index (χ2v) is 4.95. The van der Waals surface area contributed by atoms with Crippen molar-refractivity contribution in [2.24, 2.45) is 17.4 Å². The van der Waals surface area contributed by atoms with Crippen LogP contribution in [-0.4, -0.2) is 18.4 Å². The van der Waals surface area contributed by atoms with Gasteiger partial charge < -0.3 is 16.8 Å². The minimum atomic E-state index is -0.844. The Hall–Kier alpha value is -1.40. The van der Waals surface area contributed by atoms with E-state index in [9.17, 15) is 9.59 Å². The number of primary amides is 1. The van der Waals surface area contributed by atoms with Gasteiger partial charge in [-0.1, -0.05) is 35.0 Å². The molecule has 0 aliphatic rings. The van der Waals surface area contributed by atoms with Gasteiger partial charge in [-0.25, -0.2) is 0 Å². The summed E-state index contributed by atoms with van der Waals surface area (Å²) in [5.74, 6) is -1.26. The number of benzene rings is 1. The molecule has 2 amide bonds. The summed E-state index contributed by atoms with van der Waals surface area (Å²) in [7, 11) is 0. The van der Waals surface area contributed by atoms with Crippen LogP contribution < -0.4 is 16.8 Å². The van der Waals surface area contributed by atoms with Crippen molar-refractivity contribution in [1.82, 2.24) is 5.32 Å². The van der Waals surface area contributed by atoms with E-state index in [0.29, 0.717) is 5.56 Å². The van der Waals surface area contributed by atoms with Crippen molar-refractivity contribution in [2.45, 2.75) is 13.0 Å². The number of hydrogen-bond donors (Lipinski definition) is 3. The molecule has 5 nitrogen and oxygen atoms in total. The van der Waals surface area contributed by atoms with Crippen molar-refractivity contribution in [2.75, 3.05) is 6.54 Å². The Morgan fingerprint density at radius 2 is 2.11 bits per heavy atom. The van der Waals surface area contributed by atoms with Crippen LogP contribution in [-0.2, 0) is 9.59 Å². The summed E-state index contributed by atoms with van der Waals surface area (Å²) >= 11 is 3.30. The first-order valence-electron chi connectivity index (χ1n) is 5.51. The largest absolute Gasteiger partial charge is 0.368 e. The predicted molar refractivity (Wildman–Crippen MR) is 72.4 cm³/mol. The highest BCUT2D eigenvalue weighted by Crippen LogP contribution is 2.18. The molecule has 0 radical (unpaired) electrons. The highest BCUT2D eigenvalue weighted by molar-refractivity contribution is 9.10. The van der Waals surface area contributed by atoms with Gasteiger partial charge in [-0.3, -0.25) is 9.59 Å². The summed E-state index contributed by atoms with van der Waals surface area (Å²) in [6.07, 6.45) is 0. The van der Waals surface area contributed by atoms with E-state index >= 15 is 0 Å². The van der Waals surface area contributed by atoms with Gasteiger partial charge in [0, 0.05) is 16.9 Å². The Labute approximate surface area is 114 Å². The maximum atomic E-state index is 11.7. The van der Waals surface area contributed by atoms with Gasteiger partial charge in [0.05, 0.1) is 0 Å². The van der Waals surface area contributed by atoms with Gasteiger partial charge in [-0.2, -0.15) is 0 Å². The van der Waals surface area contributed by atoms with Gasteiger partial charge in [0.1, 0.15) is 6.04 Å². The molecule has 0 aliphatic carbocycles. The molecule has 0 heterocycles. The third kappa shape index (κ3) is 3.82. The van der Waals surface area contributed by atoms with E-state index in [0.717, 1.165) is 4.47 Å². The van der Waals surface area contributed by atoms with Gasteiger partial charge in [-0.05, 0) is 17.7 Å². The Balaban J connectivity index is 2.91. The van der Waals surface area contributed by atoms with E-state index in [4.69, 9.17) is 11.5 Å². The standard InChI is InChI=1S/C12H16BrN3O2/c1-7(6-14)12(18)16-10(11(15)17)8-3-2-4-9(13)5-8/h2-5,7,10H,6,14H2,1H3,(H2,15,17)(H,16,18). The Morgan fingerprint density at radius 1 is 1.44 bits per heavy atom. The summed E-state index contributed by atoms with van der Waals surface area (Å²) < 4.78 is 0.812. The van der Waals surface area contributed by atoms with E-state index in [1.165, 1.54) is 0 Å². The number of rotatable bonds is 5. The molecule has 18 heavy (non-hydrogen) atoms. The summed E-state index contributed by atoms with van der Waals surface area (Å²) in [5.41, 5.74) is 11.3. The normalized spacial score (nSPS) is 13.7. The maximum absolute atomic E-state index is 11.7. The smallest absolute Gasteiger partial charge is 0.244 e. The maximum Gasteiger partial charge on any atom is 0.244 e. The summed E-state index contributed by atoms with van der Waals surface area (Å²) in [5, 5.41) is 2.60. The Morgan fingerprint density at radius 3 is 2.61 bits per heavy atom. The van der Waals surface area contributed by atoms with Gasteiger partial charge in [0.25, 0.3) is 0 Å². The van der Waals surface area contributed by atoms with Crippen molar-refractivity contribution in [3.63, 3.8) is 0 Å². The van der Waals surface area contributed by atoms with Crippen LogP contribution in [0.1, 0.15) is 18.5 Å². The summed E-state index contributed by atoms with van der Waals surface area (Å²) in [6.45, 7) is 1.91. The van der Waals surface area contributed by atoms with E-state index < -0.39 is 11.9 Å². The van der Waals surface area contributed by atoms with Crippen LogP contribution >= 0.6 is 15.9 Å². The molecule has 0 saturated carbocycles. The molecule has 0 fully saturated rings. The number of halogens is 1. The van der Waals surface area contributed by atoms with Crippen LogP contribution in [0.3, 0.4) is 0 Å². The lowest BCUT2D eigenvalue weighted by Gasteiger charge is -2.18. The summed E-state index contributed by atoms with van der Waals surface area (Å²) in [4.78, 5) is 23.2. The fourth-order valence-corrected chi connectivity index (χ4v) is 1.81. The first-order chi connectivity index (χ1) is 8.45. The monoisotopic (exact) mass is 313 g/mol. The molecule has 6 heteroatoms. The van der Waals surface area contributed by atoms with Crippen molar-refractivity contribution in [1.29, 1.82) is 0 Å². The van der Waals surface area contributed by atoms with E-state index in [2.05, 4.69) is 21.2 Å². The van der Waals surface area contributed by atoms with Crippen molar-refractivity contribution in [3.8, 4) is 0 Å². The molecule has 98 valence electrons. The van der Waals surface area contributed by atoms with Crippen molar-refractivity contribution < 1.29 is 9.59 Å². The Bertz CT molecular complexity index is 451. The molecule has 0 spiro atoms. The van der Waals surface area contributed by atoms with Crippen LogP contribution in [0.4, 0.5) is 0 Å². The van der Waals surface area contributed by atoms with Crippen molar-refractivity contribution >= 4 is 27.7 Å². The third-order valence-electron chi connectivity index (χ3n) is 2.55. The average Bonchev–Trinajstić information content (AvgIpc) is 2.34. The highest BCUT2D eigenvalue weighted by atomic mass is 79.9. The fourth-order valence-electron chi connectivity index (χ4n) is 1.40. The number of nitrogens with two attached hydrogens (primary N) is 2. The van der Waals surface area contributed by atoms with Gasteiger partial charge in [-0.15, -0.1) is 0 Å². The molecule has 0 saturated heterocycles. The van der Waals surface area contributed by atoms with Crippen LogP contribution in [0.25, 0.3) is 0 Å². The molecule has 5 N–H and O–H groups in total. The molecule has 0 aromatic heterocycles. The number of carbonyl (C=O) groups excluding carboxylic acids is 2. The lowest BCUT2D eigenvalue weighted by atomic mass is 10.0. The topological polar surface area (TPSA) is 98.2 Å². The number of carbonyl (C=O) groups is 2. The molecular weight excluding hydrogens is 298 g/mol. The van der Waals surface area contributed by atoms with Crippen molar-refractivity contribution in [3.05, 3.63) is 34.3 Å². The zero-order valence-electron chi connectivity index (χ0n) is 10.0. The second kappa shape index (κ2) is 6.51. The second-order valence-electron chi connectivity index (χ2n) is 4.04. The number of nitrogens with one attached hydrogen (secondary N) is 1. The van der Waals surface area contributed by atoms with E-state index in [-0.39, 0.29) is 18.4 Å². The molecule has 1 rings (SSSR count). The number of hydrogen-bond acceptors (Lipinski definition) is 3. The first kappa shape index (κ1) is 14.7. The highest BCUT2D eigenvalue weighted by Gasteiger charge is 2.22. The molecule has 2 unspecified atom stereocenters. The van der Waals surface area contributed by atoms with E-state index in [1.54, 1.807) is 25.1 Å². The van der Waals surface area contributed by atoms with Gasteiger partial charge in [0.2, 0.25) is 11.8 Å². The first-order valence-corrected chi connectivity index (χ1v) is 6.30. The Kier molecular flexibility index (Phi) is 5.30. The minimum absolute atomic E-state index is 0.218. The zero-order chi connectivity index (χ0) is 13.7. The molecule has 1 aromatic carbocycles. The average molecular weight is 314 g/mol. The van der Waals surface area contributed by atoms with Crippen LogP contribution in [0, 0.1) is 5.92 Å².